The van der Waals surface area contributed by atoms with Crippen LogP contribution in [0.15, 0.2) is 66.7 Å². The SMILES string of the molecule is CC(Cc1cccc(CC(=O)N2CCc3ccccc3C2)c1)NCC(O)c1cc(O)cc(O)c1. The fourth-order valence-electron chi connectivity index (χ4n) is 4.53. The van der Waals surface area contributed by atoms with Gasteiger partial charge in [-0.05, 0) is 59.7 Å². The van der Waals surface area contributed by atoms with Crippen LogP contribution in [0.3, 0.4) is 0 Å². The predicted octanol–water partition coefficient (Wildman–Crippen LogP) is 3.48. The van der Waals surface area contributed by atoms with Crippen molar-refractivity contribution in [2.75, 3.05) is 13.1 Å². The van der Waals surface area contributed by atoms with E-state index in [1.54, 1.807) is 0 Å². The van der Waals surface area contributed by atoms with E-state index in [1.165, 1.54) is 29.3 Å². The smallest absolute Gasteiger partial charge is 0.227 e. The van der Waals surface area contributed by atoms with Crippen molar-refractivity contribution in [1.82, 2.24) is 10.2 Å². The number of phenols is 2. The Bertz CT molecular complexity index is 1130. The van der Waals surface area contributed by atoms with Crippen molar-refractivity contribution in [3.8, 4) is 11.5 Å². The number of hydrogen-bond acceptors (Lipinski definition) is 5. The first kappa shape index (κ1) is 23.8. The van der Waals surface area contributed by atoms with Gasteiger partial charge in [-0.25, -0.2) is 0 Å². The third-order valence-corrected chi connectivity index (χ3v) is 6.34. The molecule has 178 valence electrons. The number of amides is 1. The number of nitrogens with one attached hydrogen (secondary N) is 1. The third-order valence-electron chi connectivity index (χ3n) is 6.34. The molecule has 4 rings (SSSR count). The Balaban J connectivity index is 1.29. The van der Waals surface area contributed by atoms with Gasteiger partial charge in [-0.15, -0.1) is 0 Å². The summed E-state index contributed by atoms with van der Waals surface area (Å²) in [6, 6.07) is 20.6. The Morgan fingerprint density at radius 2 is 1.68 bits per heavy atom. The van der Waals surface area contributed by atoms with Gasteiger partial charge in [0.05, 0.1) is 12.5 Å². The first-order valence-corrected chi connectivity index (χ1v) is 11.7. The van der Waals surface area contributed by atoms with Gasteiger partial charge in [0.25, 0.3) is 0 Å². The summed E-state index contributed by atoms with van der Waals surface area (Å²) in [5.74, 6) is -0.0141. The van der Waals surface area contributed by atoms with Gasteiger partial charge in [0.2, 0.25) is 5.91 Å². The molecule has 0 bridgehead atoms. The number of aliphatic hydroxyl groups excluding tert-OH is 1. The van der Waals surface area contributed by atoms with Gasteiger partial charge >= 0.3 is 0 Å². The summed E-state index contributed by atoms with van der Waals surface area (Å²) in [4.78, 5) is 14.9. The predicted molar refractivity (Wildman–Crippen MR) is 132 cm³/mol. The number of benzene rings is 3. The lowest BCUT2D eigenvalue weighted by atomic mass is 9.98. The van der Waals surface area contributed by atoms with Gasteiger partial charge in [-0.3, -0.25) is 4.79 Å². The van der Waals surface area contributed by atoms with Crippen molar-refractivity contribution in [1.29, 1.82) is 0 Å². The van der Waals surface area contributed by atoms with Crippen molar-refractivity contribution >= 4 is 5.91 Å². The van der Waals surface area contributed by atoms with Crippen LogP contribution in [-0.2, 0) is 30.6 Å². The van der Waals surface area contributed by atoms with Crippen LogP contribution in [0.4, 0.5) is 0 Å². The molecule has 0 saturated heterocycles. The molecule has 6 nitrogen and oxygen atoms in total. The molecule has 34 heavy (non-hydrogen) atoms. The Morgan fingerprint density at radius 3 is 2.44 bits per heavy atom. The van der Waals surface area contributed by atoms with Crippen LogP contribution in [0, 0.1) is 0 Å². The van der Waals surface area contributed by atoms with Crippen molar-refractivity contribution in [3.63, 3.8) is 0 Å². The molecule has 0 aromatic heterocycles. The van der Waals surface area contributed by atoms with E-state index in [-0.39, 0.29) is 23.4 Å². The van der Waals surface area contributed by atoms with Crippen LogP contribution >= 0.6 is 0 Å². The minimum Gasteiger partial charge on any atom is -0.508 e. The number of phenolic OH excluding ortho intramolecular Hbond substituents is 2. The molecule has 1 aliphatic rings. The van der Waals surface area contributed by atoms with E-state index in [9.17, 15) is 20.1 Å². The monoisotopic (exact) mass is 460 g/mol. The Labute approximate surface area is 200 Å². The molecule has 1 aliphatic heterocycles. The molecule has 4 N–H and O–H groups in total. The number of carbonyl (C=O) groups is 1. The Hall–Kier alpha value is -3.35. The van der Waals surface area contributed by atoms with Gasteiger partial charge in [0.1, 0.15) is 11.5 Å². The minimum absolute atomic E-state index is 0.0813. The van der Waals surface area contributed by atoms with Gasteiger partial charge in [0, 0.05) is 31.7 Å². The molecular weight excluding hydrogens is 428 g/mol. The van der Waals surface area contributed by atoms with Gasteiger partial charge in [-0.2, -0.15) is 0 Å². The summed E-state index contributed by atoms with van der Waals surface area (Å²) >= 11 is 0. The van der Waals surface area contributed by atoms with Crippen LogP contribution in [0.2, 0.25) is 0 Å². The van der Waals surface area contributed by atoms with Gasteiger partial charge in [-0.1, -0.05) is 48.5 Å². The largest absolute Gasteiger partial charge is 0.508 e. The number of aromatic hydroxyl groups is 2. The highest BCUT2D eigenvalue weighted by atomic mass is 16.3. The first-order chi connectivity index (χ1) is 16.4. The lowest BCUT2D eigenvalue weighted by Crippen LogP contribution is -2.36. The second-order valence-corrected chi connectivity index (χ2v) is 9.14. The first-order valence-electron chi connectivity index (χ1n) is 11.7. The van der Waals surface area contributed by atoms with E-state index in [0.717, 1.165) is 30.5 Å². The molecule has 0 fully saturated rings. The Kier molecular flexibility index (Phi) is 7.50. The van der Waals surface area contributed by atoms with Crippen molar-refractivity contribution in [2.24, 2.45) is 0 Å². The summed E-state index contributed by atoms with van der Waals surface area (Å²) in [5.41, 5.74) is 5.15. The quantitative estimate of drug-likeness (QED) is 0.413. The molecule has 0 aliphatic carbocycles. The maximum absolute atomic E-state index is 12.9. The third kappa shape index (κ3) is 6.16. The zero-order valence-corrected chi connectivity index (χ0v) is 19.4. The summed E-state index contributed by atoms with van der Waals surface area (Å²) in [6.07, 6.45) is 1.19. The molecule has 6 heteroatoms. The van der Waals surface area contributed by atoms with Crippen molar-refractivity contribution in [3.05, 3.63) is 94.5 Å². The zero-order chi connectivity index (χ0) is 24.1. The van der Waals surface area contributed by atoms with Crippen molar-refractivity contribution in [2.45, 2.75) is 44.9 Å². The number of fused-ring (bicyclic) bond motifs is 1. The number of carbonyl (C=O) groups excluding carboxylic acids is 1. The maximum atomic E-state index is 12.9. The van der Waals surface area contributed by atoms with Gasteiger partial charge < -0.3 is 25.5 Å². The van der Waals surface area contributed by atoms with E-state index in [4.69, 9.17) is 0 Å². The van der Waals surface area contributed by atoms with Crippen LogP contribution in [0.1, 0.15) is 40.8 Å². The summed E-state index contributed by atoms with van der Waals surface area (Å²) in [6.45, 7) is 3.76. The molecule has 1 heterocycles. The fraction of sp³-hybridized carbons (Fsp3) is 0.321. The molecule has 3 aromatic rings. The summed E-state index contributed by atoms with van der Waals surface area (Å²) in [7, 11) is 0. The number of aliphatic hydroxyl groups is 1. The lowest BCUT2D eigenvalue weighted by molar-refractivity contribution is -0.131. The van der Waals surface area contributed by atoms with E-state index in [1.807, 2.05) is 36.1 Å². The van der Waals surface area contributed by atoms with Crippen LogP contribution < -0.4 is 5.32 Å². The van der Waals surface area contributed by atoms with Crippen molar-refractivity contribution < 1.29 is 20.1 Å². The number of hydrogen-bond donors (Lipinski definition) is 4. The molecule has 2 atom stereocenters. The summed E-state index contributed by atoms with van der Waals surface area (Å²) < 4.78 is 0. The van der Waals surface area contributed by atoms with E-state index in [2.05, 4.69) is 29.6 Å². The topological polar surface area (TPSA) is 93.0 Å². The normalized spacial score (nSPS) is 14.9. The number of nitrogens with zero attached hydrogens (tertiary/aromatic N) is 1. The van der Waals surface area contributed by atoms with Crippen LogP contribution in [0.5, 0.6) is 11.5 Å². The highest BCUT2D eigenvalue weighted by Gasteiger charge is 2.20. The molecular formula is C28H32N2O4. The molecule has 0 radical (unpaired) electrons. The molecule has 1 amide bonds. The number of rotatable bonds is 8. The average Bonchev–Trinajstić information content (AvgIpc) is 2.81. The Morgan fingerprint density at radius 1 is 0.971 bits per heavy atom. The second-order valence-electron chi connectivity index (χ2n) is 9.14. The minimum atomic E-state index is -0.848. The molecule has 3 aromatic carbocycles. The van der Waals surface area contributed by atoms with E-state index < -0.39 is 6.10 Å². The van der Waals surface area contributed by atoms with E-state index >= 15 is 0 Å². The molecule has 2 unspecified atom stereocenters. The molecule has 0 spiro atoms. The average molecular weight is 461 g/mol. The van der Waals surface area contributed by atoms with Crippen LogP contribution in [0.25, 0.3) is 0 Å². The fourth-order valence-corrected chi connectivity index (χ4v) is 4.53. The summed E-state index contributed by atoms with van der Waals surface area (Å²) in [5, 5.41) is 32.9. The van der Waals surface area contributed by atoms with E-state index in [0.29, 0.717) is 25.1 Å². The zero-order valence-electron chi connectivity index (χ0n) is 19.4. The van der Waals surface area contributed by atoms with Gasteiger partial charge in [0.15, 0.2) is 0 Å². The highest BCUT2D eigenvalue weighted by Crippen LogP contribution is 2.25. The standard InChI is InChI=1S/C28H32N2O4/c1-19(29-17-27(33)24-14-25(31)16-26(32)15-24)11-20-5-4-6-21(12-20)13-28(34)30-10-9-22-7-2-3-8-23(22)18-30/h2-8,12,14-16,19,27,29,31-33H,9-11,13,17-18H2,1H3. The maximum Gasteiger partial charge on any atom is 0.227 e. The van der Waals surface area contributed by atoms with Crippen LogP contribution in [-0.4, -0.2) is 45.3 Å². The highest BCUT2D eigenvalue weighted by molar-refractivity contribution is 5.79. The second kappa shape index (κ2) is 10.7. The lowest BCUT2D eigenvalue weighted by Gasteiger charge is -2.29. The molecule has 0 saturated carbocycles.